The van der Waals surface area contributed by atoms with E-state index in [-0.39, 0.29) is 54.4 Å². The molecule has 0 saturated carbocycles. The summed E-state index contributed by atoms with van der Waals surface area (Å²) >= 11 is 0. The predicted octanol–water partition coefficient (Wildman–Crippen LogP) is 11.5. The van der Waals surface area contributed by atoms with Gasteiger partial charge in [-0.05, 0) is 216 Å². The molecule has 1 saturated heterocycles. The maximum Gasteiger partial charge on any atom is 0.494 e. The van der Waals surface area contributed by atoms with Crippen molar-refractivity contribution in [3.05, 3.63) is 185 Å². The van der Waals surface area contributed by atoms with E-state index in [9.17, 15) is 19.2 Å². The van der Waals surface area contributed by atoms with E-state index in [1.807, 2.05) is 43.6 Å². The predicted molar refractivity (Wildman–Crippen MR) is 327 cm³/mol. The molecule has 83 heavy (non-hydrogen) atoms. The number of esters is 2. The van der Waals surface area contributed by atoms with E-state index in [0.29, 0.717) is 31.4 Å². The van der Waals surface area contributed by atoms with Crippen LogP contribution in [0.1, 0.15) is 155 Å². The Bertz CT molecular complexity index is 3410. The summed E-state index contributed by atoms with van der Waals surface area (Å²) in [6.07, 6.45) is 8.32. The zero-order chi connectivity index (χ0) is 60.8. The first kappa shape index (κ1) is 63.0. The van der Waals surface area contributed by atoms with Crippen LogP contribution in [0.4, 0.5) is 0 Å². The maximum absolute atomic E-state index is 13.7. The summed E-state index contributed by atoms with van der Waals surface area (Å²) in [5.74, 6) is 0.428. The van der Waals surface area contributed by atoms with Gasteiger partial charge in [0.25, 0.3) is 11.8 Å². The number of benzene rings is 4. The van der Waals surface area contributed by atoms with Crippen LogP contribution < -0.4 is 14.9 Å². The Balaban J connectivity index is 0.000000194. The molecule has 2 amide bonds. The second kappa shape index (κ2) is 26.3. The summed E-state index contributed by atoms with van der Waals surface area (Å²) in [5, 5.41) is 0. The molecule has 9 rings (SSSR count). The molecular weight excluding hydrogens is 1040 g/mol. The monoisotopic (exact) mass is 1130 g/mol. The number of methoxy groups -OCH3 is 4. The number of nitrogens with zero attached hydrogens (tertiary/aromatic N) is 4. The van der Waals surface area contributed by atoms with Crippen LogP contribution in [0.5, 0.6) is 11.8 Å². The Kier molecular flexibility index (Phi) is 20.0. The molecule has 5 heterocycles. The van der Waals surface area contributed by atoms with E-state index in [4.69, 9.17) is 23.5 Å². The lowest BCUT2D eigenvalue weighted by atomic mass is 9.77. The van der Waals surface area contributed by atoms with Gasteiger partial charge in [0, 0.05) is 73.8 Å². The second-order valence-corrected chi connectivity index (χ2v) is 23.2. The molecule has 0 N–H and O–H groups in total. The molecule has 2 aromatic heterocycles. The molecule has 1 unspecified atom stereocenters. The van der Waals surface area contributed by atoms with Crippen molar-refractivity contribution in [1.29, 1.82) is 0 Å². The van der Waals surface area contributed by atoms with Gasteiger partial charge in [0.2, 0.25) is 11.8 Å². The van der Waals surface area contributed by atoms with Gasteiger partial charge >= 0.3 is 19.1 Å². The summed E-state index contributed by atoms with van der Waals surface area (Å²) < 4.78 is 32.2. The Morgan fingerprint density at radius 3 is 1.51 bits per heavy atom. The first-order chi connectivity index (χ1) is 39.2. The molecule has 438 valence electrons. The van der Waals surface area contributed by atoms with Crippen molar-refractivity contribution in [2.24, 2.45) is 0 Å². The molecule has 3 aliphatic rings. The average Bonchev–Trinajstić information content (AvgIpc) is 3.24. The smallest absolute Gasteiger partial charge is 0.481 e. The highest BCUT2D eigenvalue weighted by Gasteiger charge is 2.52. The van der Waals surface area contributed by atoms with E-state index in [1.165, 1.54) is 48.1 Å². The number of carbonyl (C=O) groups excluding carboxylic acids is 4. The minimum Gasteiger partial charge on any atom is -0.481 e. The molecule has 3 aliphatic heterocycles. The van der Waals surface area contributed by atoms with E-state index < -0.39 is 0 Å². The zero-order valence-electron chi connectivity index (χ0n) is 52.1. The summed E-state index contributed by atoms with van der Waals surface area (Å²) in [7, 11) is 5.51. The fourth-order valence-electron chi connectivity index (χ4n) is 11.0. The number of ether oxygens (including phenoxy) is 4. The summed E-state index contributed by atoms with van der Waals surface area (Å²) in [6.45, 7) is 31.3. The van der Waals surface area contributed by atoms with Gasteiger partial charge in [0.05, 0.1) is 46.1 Å². The van der Waals surface area contributed by atoms with E-state index in [2.05, 4.69) is 132 Å². The van der Waals surface area contributed by atoms with Crippen molar-refractivity contribution in [2.75, 3.05) is 41.5 Å². The lowest BCUT2D eigenvalue weighted by Gasteiger charge is -2.32. The van der Waals surface area contributed by atoms with Gasteiger partial charge in [0.15, 0.2) is 0 Å². The van der Waals surface area contributed by atoms with Crippen LogP contribution in [0.3, 0.4) is 0 Å². The fourth-order valence-corrected chi connectivity index (χ4v) is 11.0. The third-order valence-electron chi connectivity index (χ3n) is 17.4. The number of aryl methyl sites for hydroxylation is 6. The molecule has 0 bridgehead atoms. The minimum absolute atomic E-state index is 0.0826. The van der Waals surface area contributed by atoms with Gasteiger partial charge in [0.1, 0.15) is 0 Å². The lowest BCUT2D eigenvalue weighted by molar-refractivity contribution is -0.141. The Morgan fingerprint density at radius 1 is 0.578 bits per heavy atom. The summed E-state index contributed by atoms with van der Waals surface area (Å²) in [6, 6.07) is 20.8. The largest absolute Gasteiger partial charge is 0.494 e. The van der Waals surface area contributed by atoms with Crippen LogP contribution in [0, 0.1) is 69.2 Å². The van der Waals surface area contributed by atoms with E-state index in [0.717, 1.165) is 103 Å². The number of rotatable bonds is 11. The van der Waals surface area contributed by atoms with Gasteiger partial charge in [-0.15, -0.1) is 0 Å². The van der Waals surface area contributed by atoms with Crippen LogP contribution in [0.25, 0.3) is 6.08 Å². The molecular formula is C68H83BN4O10. The maximum atomic E-state index is 13.7. The van der Waals surface area contributed by atoms with Crippen molar-refractivity contribution >= 4 is 42.4 Å². The molecule has 0 spiro atoms. The van der Waals surface area contributed by atoms with Crippen molar-refractivity contribution in [3.63, 3.8) is 0 Å². The number of hydrogen-bond donors (Lipinski definition) is 0. The van der Waals surface area contributed by atoms with E-state index >= 15 is 0 Å². The quantitative estimate of drug-likeness (QED) is 0.0688. The molecule has 6 aromatic rings. The number of carbonyl (C=O) groups is 4. The molecule has 1 fully saturated rings. The summed E-state index contributed by atoms with van der Waals surface area (Å²) in [4.78, 5) is 62.9. The van der Waals surface area contributed by atoms with E-state index in [1.54, 1.807) is 38.8 Å². The van der Waals surface area contributed by atoms with Gasteiger partial charge in [-0.1, -0.05) is 48.5 Å². The Morgan fingerprint density at radius 2 is 1.05 bits per heavy atom. The normalized spacial score (nSPS) is 15.2. The SMILES string of the molecule is COC(=O)/C=C/c1cnc(OC)cc1C.COC(=O)CC(c1ccc2c(c1)CN(C(=O)c1c(C)c(C)cc(C)c1C)CC2)c1cnc(OC)cc1C.Cc1cc(C)c(C)c(C(=O)N2CCc3ccc(B4OC(C)(C)C(C)(C)O4)cc3C2)c1C. The zero-order valence-corrected chi connectivity index (χ0v) is 52.1. The van der Waals surface area contributed by atoms with Crippen LogP contribution in [-0.4, -0.2) is 103 Å². The topological polar surface area (TPSA) is 156 Å². The molecule has 0 aliphatic carbocycles. The molecule has 15 heteroatoms. The Hall–Kier alpha value is -7.62. The third kappa shape index (κ3) is 14.1. The number of aromatic nitrogens is 2. The number of pyridine rings is 2. The highest BCUT2D eigenvalue weighted by molar-refractivity contribution is 6.62. The van der Waals surface area contributed by atoms with Gasteiger partial charge < -0.3 is 38.1 Å². The first-order valence-corrected chi connectivity index (χ1v) is 28.4. The molecule has 1 atom stereocenters. The van der Waals surface area contributed by atoms with Crippen molar-refractivity contribution < 1.29 is 47.4 Å². The molecule has 0 radical (unpaired) electrons. The number of fused-ring (bicyclic) bond motifs is 2. The van der Waals surface area contributed by atoms with Crippen LogP contribution in [0.15, 0.2) is 79.1 Å². The van der Waals surface area contributed by atoms with Gasteiger partial charge in [-0.3, -0.25) is 14.4 Å². The van der Waals surface area contributed by atoms with Gasteiger partial charge in [-0.25, -0.2) is 14.8 Å². The number of amides is 2. The Labute approximate surface area is 492 Å². The first-order valence-electron chi connectivity index (χ1n) is 28.4. The minimum atomic E-state index is -0.384. The molecule has 4 aromatic carbocycles. The van der Waals surface area contributed by atoms with Crippen LogP contribution in [0.2, 0.25) is 0 Å². The van der Waals surface area contributed by atoms with Gasteiger partial charge in [-0.2, -0.15) is 0 Å². The highest BCUT2D eigenvalue weighted by atomic mass is 16.7. The number of hydrogen-bond acceptors (Lipinski definition) is 12. The fraction of sp³-hybridized carbons (Fsp3) is 0.412. The lowest BCUT2D eigenvalue weighted by Crippen LogP contribution is -2.41. The van der Waals surface area contributed by atoms with Crippen molar-refractivity contribution in [3.8, 4) is 11.8 Å². The molecule has 14 nitrogen and oxygen atoms in total. The standard InChI is InChI=1S/C31H36N2O4.C26H34BNO3.C11H13NO3/c1-18-12-19(2)22(5)30(21(18)4)31(35)33-11-10-23-8-9-24(14-25(23)17-33)26(15-29(34)37-7)27-16-32-28(36-6)13-20(27)3;1-16-13-17(2)19(4)23(18(16)3)24(29)28-12-11-20-9-10-22(14-21(20)15-28)27-30-25(5,6)26(7,8)31-27;1-8-6-10(14-2)12-7-9(8)4-5-11(13)15-3/h8-9,12-14,16,26H,10-11,15,17H2,1-7H3;9-10,13-14H,11-12,15H2,1-8H3;4-7H,1-3H3/b;;5-4+. The highest BCUT2D eigenvalue weighted by Crippen LogP contribution is 2.38. The van der Waals surface area contributed by atoms with Crippen molar-refractivity contribution in [1.82, 2.24) is 19.8 Å². The average molecular weight is 1130 g/mol. The van der Waals surface area contributed by atoms with Crippen molar-refractivity contribution in [2.45, 2.75) is 146 Å². The second-order valence-electron chi connectivity index (χ2n) is 23.2. The van der Waals surface area contributed by atoms with Crippen LogP contribution in [-0.2, 0) is 54.3 Å². The third-order valence-corrected chi connectivity index (χ3v) is 17.4. The summed E-state index contributed by atoms with van der Waals surface area (Å²) in [5.41, 5.74) is 20.5. The van der Waals surface area contributed by atoms with Crippen LogP contribution >= 0.6 is 0 Å².